The van der Waals surface area contributed by atoms with Crippen molar-refractivity contribution in [2.45, 2.75) is 32.6 Å². The van der Waals surface area contributed by atoms with E-state index in [0.717, 1.165) is 12.8 Å². The van der Waals surface area contributed by atoms with Crippen molar-refractivity contribution in [2.75, 3.05) is 13.1 Å². The average molecular weight is 396 g/mol. The minimum absolute atomic E-state index is 0.158. The highest BCUT2D eigenvalue weighted by Gasteiger charge is 2.31. The smallest absolute Gasteiger partial charge is 0.291 e. The Morgan fingerprint density at radius 1 is 1.24 bits per heavy atom. The van der Waals surface area contributed by atoms with Gasteiger partial charge in [0, 0.05) is 31.3 Å². The number of carbonyl (C=O) groups is 2. The van der Waals surface area contributed by atoms with Crippen LogP contribution in [-0.4, -0.2) is 39.8 Å². The largest absolute Gasteiger partial charge is 0.436 e. The number of hydrogen-bond donors (Lipinski definition) is 1. The van der Waals surface area contributed by atoms with E-state index >= 15 is 0 Å². The van der Waals surface area contributed by atoms with Crippen molar-refractivity contribution in [3.05, 3.63) is 58.7 Å². The maximum Gasteiger partial charge on any atom is 0.291 e. The van der Waals surface area contributed by atoms with Crippen LogP contribution in [0.25, 0.3) is 10.9 Å². The number of halogens is 1. The number of carbonyl (C=O) groups excluding carboxylic acids is 2. The van der Waals surface area contributed by atoms with Crippen LogP contribution in [0, 0.1) is 19.7 Å². The highest BCUT2D eigenvalue weighted by molar-refractivity contribution is 5.98. The monoisotopic (exact) mass is 396 g/mol. The van der Waals surface area contributed by atoms with Gasteiger partial charge in [-0.15, -0.1) is 0 Å². The van der Waals surface area contributed by atoms with Gasteiger partial charge >= 0.3 is 0 Å². The standard InChI is InChI=1S/C21H21FN4O3/c1-11-19(29-12(2)24-11)21(28)26-7-3-4-13(10-26)18-16(20(23)27)9-14-8-15(22)5-6-17(14)25-18/h5-6,8-9,13H,3-4,7,10H2,1-2H3,(H2,23,27). The number of rotatable bonds is 3. The molecule has 3 heterocycles. The predicted molar refractivity (Wildman–Crippen MR) is 104 cm³/mol. The Labute approximate surface area is 166 Å². The van der Waals surface area contributed by atoms with E-state index in [9.17, 15) is 14.0 Å². The zero-order valence-corrected chi connectivity index (χ0v) is 16.2. The summed E-state index contributed by atoms with van der Waals surface area (Å²) in [4.78, 5) is 35.4. The molecule has 2 aromatic heterocycles. The van der Waals surface area contributed by atoms with Crippen LogP contribution < -0.4 is 5.73 Å². The molecule has 2 N–H and O–H groups in total. The molecular formula is C21H21FN4O3. The molecule has 4 rings (SSSR count). The fourth-order valence-electron chi connectivity index (χ4n) is 3.93. The van der Waals surface area contributed by atoms with Crippen LogP contribution in [0.1, 0.15) is 57.0 Å². The number of oxazole rings is 1. The van der Waals surface area contributed by atoms with Crippen LogP contribution in [0.2, 0.25) is 0 Å². The number of aryl methyl sites for hydroxylation is 2. The Hall–Kier alpha value is -3.29. The highest BCUT2D eigenvalue weighted by atomic mass is 19.1. The summed E-state index contributed by atoms with van der Waals surface area (Å²) in [6.45, 7) is 4.40. The molecule has 1 unspecified atom stereocenters. The normalized spacial score (nSPS) is 16.9. The molecule has 8 heteroatoms. The maximum atomic E-state index is 13.6. The second kappa shape index (κ2) is 7.27. The zero-order valence-electron chi connectivity index (χ0n) is 16.2. The number of benzene rings is 1. The van der Waals surface area contributed by atoms with Crippen molar-refractivity contribution in [2.24, 2.45) is 5.73 Å². The van der Waals surface area contributed by atoms with E-state index in [1.54, 1.807) is 30.9 Å². The fraction of sp³-hybridized carbons (Fsp3) is 0.333. The Balaban J connectivity index is 1.69. The molecule has 1 fully saturated rings. The molecule has 0 saturated carbocycles. The van der Waals surface area contributed by atoms with Gasteiger partial charge in [0.1, 0.15) is 5.82 Å². The lowest BCUT2D eigenvalue weighted by Crippen LogP contribution is -2.40. The van der Waals surface area contributed by atoms with Gasteiger partial charge in [-0.25, -0.2) is 9.37 Å². The van der Waals surface area contributed by atoms with Gasteiger partial charge in [0.15, 0.2) is 5.89 Å². The number of primary amides is 1. The molecule has 0 aliphatic carbocycles. The maximum absolute atomic E-state index is 13.6. The summed E-state index contributed by atoms with van der Waals surface area (Å²) in [6.07, 6.45) is 1.52. The number of likely N-dealkylation sites (tertiary alicyclic amines) is 1. The van der Waals surface area contributed by atoms with E-state index < -0.39 is 11.7 Å². The Bertz CT molecular complexity index is 1120. The first-order valence-corrected chi connectivity index (χ1v) is 9.47. The number of pyridine rings is 1. The second-order valence-corrected chi connectivity index (χ2v) is 7.36. The van der Waals surface area contributed by atoms with E-state index in [2.05, 4.69) is 9.97 Å². The van der Waals surface area contributed by atoms with E-state index in [-0.39, 0.29) is 23.1 Å². The van der Waals surface area contributed by atoms with Gasteiger partial charge < -0.3 is 15.1 Å². The molecule has 2 amide bonds. The summed E-state index contributed by atoms with van der Waals surface area (Å²) in [7, 11) is 0. The topological polar surface area (TPSA) is 102 Å². The summed E-state index contributed by atoms with van der Waals surface area (Å²) >= 11 is 0. The molecule has 150 valence electrons. The molecule has 3 aromatic rings. The van der Waals surface area contributed by atoms with Crippen molar-refractivity contribution >= 4 is 22.7 Å². The molecule has 0 radical (unpaired) electrons. The number of aromatic nitrogens is 2. The molecule has 29 heavy (non-hydrogen) atoms. The molecule has 1 aromatic carbocycles. The van der Waals surface area contributed by atoms with Gasteiger partial charge in [0.25, 0.3) is 11.8 Å². The fourth-order valence-corrected chi connectivity index (χ4v) is 3.93. The number of amides is 2. The van der Waals surface area contributed by atoms with Crippen molar-refractivity contribution < 1.29 is 18.4 Å². The summed E-state index contributed by atoms with van der Waals surface area (Å²) < 4.78 is 19.0. The quantitative estimate of drug-likeness (QED) is 0.733. The number of piperidine rings is 1. The molecule has 7 nitrogen and oxygen atoms in total. The van der Waals surface area contributed by atoms with Crippen LogP contribution in [0.15, 0.2) is 28.7 Å². The Morgan fingerprint density at radius 3 is 2.72 bits per heavy atom. The summed E-state index contributed by atoms with van der Waals surface area (Å²) in [5.41, 5.74) is 7.52. The molecule has 1 aliphatic rings. The number of fused-ring (bicyclic) bond motifs is 1. The molecule has 1 atom stereocenters. The van der Waals surface area contributed by atoms with Crippen molar-refractivity contribution in [3.63, 3.8) is 0 Å². The van der Waals surface area contributed by atoms with Gasteiger partial charge in [0.2, 0.25) is 5.76 Å². The number of hydrogen-bond acceptors (Lipinski definition) is 5. The van der Waals surface area contributed by atoms with Crippen LogP contribution in [0.5, 0.6) is 0 Å². The minimum Gasteiger partial charge on any atom is -0.436 e. The van der Waals surface area contributed by atoms with Crippen LogP contribution in [-0.2, 0) is 0 Å². The van der Waals surface area contributed by atoms with Gasteiger partial charge in [-0.05, 0) is 44.0 Å². The summed E-state index contributed by atoms with van der Waals surface area (Å²) in [5.74, 6) is -0.734. The summed E-state index contributed by atoms with van der Waals surface area (Å²) in [5, 5.41) is 0.513. The average Bonchev–Trinajstić information content (AvgIpc) is 3.04. The first-order chi connectivity index (χ1) is 13.8. The second-order valence-electron chi connectivity index (χ2n) is 7.36. The van der Waals surface area contributed by atoms with Gasteiger partial charge in [-0.2, -0.15) is 0 Å². The van der Waals surface area contributed by atoms with Crippen LogP contribution in [0.3, 0.4) is 0 Å². The lowest BCUT2D eigenvalue weighted by molar-refractivity contribution is 0.0671. The molecule has 0 spiro atoms. The Kier molecular flexibility index (Phi) is 4.77. The number of nitrogens with zero attached hydrogens (tertiary/aromatic N) is 3. The van der Waals surface area contributed by atoms with Crippen LogP contribution in [0.4, 0.5) is 4.39 Å². The first kappa shape index (κ1) is 19.0. The van der Waals surface area contributed by atoms with Crippen molar-refractivity contribution in [1.29, 1.82) is 0 Å². The van der Waals surface area contributed by atoms with Gasteiger partial charge in [-0.3, -0.25) is 14.6 Å². The van der Waals surface area contributed by atoms with Gasteiger partial charge in [0.05, 0.1) is 22.5 Å². The van der Waals surface area contributed by atoms with Gasteiger partial charge in [-0.1, -0.05) is 0 Å². The zero-order chi connectivity index (χ0) is 20.7. The third-order valence-electron chi connectivity index (χ3n) is 5.26. The Morgan fingerprint density at radius 2 is 2.03 bits per heavy atom. The lowest BCUT2D eigenvalue weighted by Gasteiger charge is -2.32. The van der Waals surface area contributed by atoms with E-state index in [0.29, 0.717) is 41.3 Å². The number of nitrogens with two attached hydrogens (primary N) is 1. The van der Waals surface area contributed by atoms with E-state index in [1.165, 1.54) is 12.1 Å². The minimum atomic E-state index is -0.621. The van der Waals surface area contributed by atoms with Crippen LogP contribution >= 0.6 is 0 Å². The molecule has 1 saturated heterocycles. The highest BCUT2D eigenvalue weighted by Crippen LogP contribution is 2.31. The van der Waals surface area contributed by atoms with E-state index in [4.69, 9.17) is 10.2 Å². The van der Waals surface area contributed by atoms with Crippen molar-refractivity contribution in [3.8, 4) is 0 Å². The predicted octanol–water partition coefficient (Wildman–Crippen LogP) is 3.10. The third-order valence-corrected chi connectivity index (χ3v) is 5.26. The summed E-state index contributed by atoms with van der Waals surface area (Å²) in [6, 6.07) is 5.80. The molecular weight excluding hydrogens is 375 g/mol. The third kappa shape index (κ3) is 3.57. The molecule has 0 bridgehead atoms. The van der Waals surface area contributed by atoms with Crippen molar-refractivity contribution in [1.82, 2.24) is 14.9 Å². The molecule has 1 aliphatic heterocycles. The lowest BCUT2D eigenvalue weighted by atomic mass is 9.90. The first-order valence-electron chi connectivity index (χ1n) is 9.47. The van der Waals surface area contributed by atoms with E-state index in [1.807, 2.05) is 0 Å². The SMILES string of the molecule is Cc1nc(C)c(C(=O)N2CCCC(c3nc4ccc(F)cc4cc3C(N)=O)C2)o1.